The fourth-order valence-electron chi connectivity index (χ4n) is 3.94. The largest absolute Gasteiger partial charge is 0.361 e. The van der Waals surface area contributed by atoms with Gasteiger partial charge in [-0.05, 0) is 62.4 Å². The van der Waals surface area contributed by atoms with Crippen molar-refractivity contribution in [2.24, 2.45) is 4.99 Å². The van der Waals surface area contributed by atoms with Gasteiger partial charge in [0.2, 0.25) is 0 Å². The number of fused-ring (bicyclic) bond motifs is 1. The predicted molar refractivity (Wildman–Crippen MR) is 121 cm³/mol. The molecular weight excluding hydrogens is 364 g/mol. The van der Waals surface area contributed by atoms with Crippen molar-refractivity contribution < 1.29 is 0 Å². The highest BCUT2D eigenvalue weighted by atomic mass is 32.1. The molecule has 1 N–H and O–H groups in total. The predicted octanol–water partition coefficient (Wildman–Crippen LogP) is 5.88. The van der Waals surface area contributed by atoms with Gasteiger partial charge in [-0.1, -0.05) is 42.5 Å². The normalized spacial score (nSPS) is 17.4. The van der Waals surface area contributed by atoms with Crippen molar-refractivity contribution in [2.75, 3.05) is 18.4 Å². The summed E-state index contributed by atoms with van der Waals surface area (Å²) in [5, 5.41) is 4.45. The Morgan fingerprint density at radius 2 is 2.04 bits per heavy atom. The third kappa shape index (κ3) is 4.36. The van der Waals surface area contributed by atoms with Gasteiger partial charge in [0.05, 0.1) is 15.9 Å². The molecule has 0 amide bonds. The Labute approximate surface area is 171 Å². The van der Waals surface area contributed by atoms with Gasteiger partial charge in [-0.3, -0.25) is 0 Å². The molecule has 4 nitrogen and oxygen atoms in total. The fraction of sp³-hybridized carbons (Fsp3) is 0.391. The van der Waals surface area contributed by atoms with Crippen LogP contribution in [0.2, 0.25) is 0 Å². The number of nitrogens with one attached hydrogen (secondary N) is 1. The number of likely N-dealkylation sites (tertiary alicyclic amines) is 1. The number of aliphatic imine (C=N–C) groups is 1. The van der Waals surface area contributed by atoms with Crippen LogP contribution in [0.25, 0.3) is 10.2 Å². The van der Waals surface area contributed by atoms with Gasteiger partial charge in [-0.25, -0.2) is 9.98 Å². The summed E-state index contributed by atoms with van der Waals surface area (Å²) in [7, 11) is 0. The third-order valence-electron chi connectivity index (χ3n) is 5.48. The molecule has 1 aromatic heterocycles. The van der Waals surface area contributed by atoms with Gasteiger partial charge in [0.1, 0.15) is 5.84 Å². The highest BCUT2D eigenvalue weighted by molar-refractivity contribution is 7.22. The van der Waals surface area contributed by atoms with Crippen LogP contribution in [-0.4, -0.2) is 34.9 Å². The first-order valence-corrected chi connectivity index (χ1v) is 11.0. The van der Waals surface area contributed by atoms with Crippen LogP contribution in [0.4, 0.5) is 10.8 Å². The topological polar surface area (TPSA) is 40.5 Å². The Morgan fingerprint density at radius 1 is 1.21 bits per heavy atom. The van der Waals surface area contributed by atoms with E-state index in [0.717, 1.165) is 41.7 Å². The summed E-state index contributed by atoms with van der Waals surface area (Å²) in [6, 6.07) is 17.6. The van der Waals surface area contributed by atoms with Gasteiger partial charge in [0, 0.05) is 19.1 Å². The fourth-order valence-corrected chi connectivity index (χ4v) is 4.83. The third-order valence-corrected chi connectivity index (χ3v) is 6.47. The molecule has 3 aromatic rings. The molecule has 1 atom stereocenters. The van der Waals surface area contributed by atoms with E-state index in [2.05, 4.69) is 71.5 Å². The Kier molecular flexibility index (Phi) is 5.91. The number of amidine groups is 1. The maximum atomic E-state index is 4.85. The van der Waals surface area contributed by atoms with Crippen LogP contribution in [0, 0.1) is 0 Å². The summed E-state index contributed by atoms with van der Waals surface area (Å²) in [6.45, 7) is 6.44. The average molecular weight is 393 g/mol. The number of hydrogen-bond donors (Lipinski definition) is 1. The van der Waals surface area contributed by atoms with Crippen LogP contribution in [0.15, 0.2) is 53.5 Å². The molecule has 1 aliphatic rings. The van der Waals surface area contributed by atoms with Crippen LogP contribution in [0.3, 0.4) is 0 Å². The smallest absolute Gasteiger partial charge is 0.183 e. The van der Waals surface area contributed by atoms with Crippen LogP contribution in [0.1, 0.15) is 38.7 Å². The van der Waals surface area contributed by atoms with E-state index in [0.29, 0.717) is 6.04 Å². The molecule has 0 bridgehead atoms. The molecule has 1 aliphatic heterocycles. The zero-order valence-electron chi connectivity index (χ0n) is 16.7. The van der Waals surface area contributed by atoms with E-state index in [1.807, 2.05) is 6.07 Å². The minimum Gasteiger partial charge on any atom is -0.361 e. The molecule has 1 fully saturated rings. The summed E-state index contributed by atoms with van der Waals surface area (Å²) in [4.78, 5) is 11.9. The number of hydrogen-bond acceptors (Lipinski definition) is 4. The quantitative estimate of drug-likeness (QED) is 0.421. The summed E-state index contributed by atoms with van der Waals surface area (Å²) >= 11 is 1.71. The number of benzene rings is 2. The number of thiazole rings is 1. The lowest BCUT2D eigenvalue weighted by atomic mass is 10.1. The van der Waals surface area contributed by atoms with E-state index in [1.54, 1.807) is 11.3 Å². The van der Waals surface area contributed by atoms with E-state index < -0.39 is 0 Å². The molecule has 0 spiro atoms. The number of rotatable bonds is 6. The first kappa shape index (κ1) is 18.9. The van der Waals surface area contributed by atoms with Crippen molar-refractivity contribution in [3.05, 3.63) is 54.1 Å². The molecule has 146 valence electrons. The Morgan fingerprint density at radius 3 is 2.82 bits per heavy atom. The average Bonchev–Trinajstić information content (AvgIpc) is 3.35. The maximum absolute atomic E-state index is 4.85. The summed E-state index contributed by atoms with van der Waals surface area (Å²) in [5.41, 5.74) is 3.43. The van der Waals surface area contributed by atoms with Crippen LogP contribution in [0.5, 0.6) is 0 Å². The maximum Gasteiger partial charge on any atom is 0.183 e. The molecule has 4 rings (SSSR count). The molecule has 1 saturated heterocycles. The molecule has 1 unspecified atom stereocenters. The molecule has 0 radical (unpaired) electrons. The first-order chi connectivity index (χ1) is 13.7. The lowest BCUT2D eigenvalue weighted by Crippen LogP contribution is -2.33. The Bertz CT molecular complexity index is 912. The lowest BCUT2D eigenvalue weighted by Gasteiger charge is -2.25. The highest BCUT2D eigenvalue weighted by Gasteiger charge is 2.23. The summed E-state index contributed by atoms with van der Waals surface area (Å²) in [5.74, 6) is 1.15. The molecular formula is C23H28N4S. The van der Waals surface area contributed by atoms with Crippen molar-refractivity contribution >= 4 is 38.2 Å². The number of nitrogens with zero attached hydrogens (tertiary/aromatic N) is 3. The van der Waals surface area contributed by atoms with Gasteiger partial charge in [-0.15, -0.1) is 0 Å². The first-order valence-electron chi connectivity index (χ1n) is 10.2. The van der Waals surface area contributed by atoms with Gasteiger partial charge < -0.3 is 10.2 Å². The zero-order valence-corrected chi connectivity index (χ0v) is 17.5. The van der Waals surface area contributed by atoms with E-state index >= 15 is 0 Å². The zero-order chi connectivity index (χ0) is 19.3. The second-order valence-electron chi connectivity index (χ2n) is 7.39. The molecule has 2 heterocycles. The van der Waals surface area contributed by atoms with Gasteiger partial charge in [-0.2, -0.15) is 0 Å². The van der Waals surface area contributed by atoms with Crippen LogP contribution < -0.4 is 5.32 Å². The van der Waals surface area contributed by atoms with E-state index in [9.17, 15) is 0 Å². The second kappa shape index (κ2) is 8.74. The summed E-state index contributed by atoms with van der Waals surface area (Å²) < 4.78 is 1.23. The van der Waals surface area contributed by atoms with Crippen LogP contribution in [-0.2, 0) is 6.42 Å². The van der Waals surface area contributed by atoms with Gasteiger partial charge in [0.25, 0.3) is 0 Å². The molecule has 2 aromatic carbocycles. The van der Waals surface area contributed by atoms with Gasteiger partial charge >= 0.3 is 0 Å². The Hall–Kier alpha value is -2.40. The van der Waals surface area contributed by atoms with Crippen molar-refractivity contribution in [2.45, 2.75) is 45.6 Å². The molecule has 0 aliphatic carbocycles. The van der Waals surface area contributed by atoms with E-state index in [-0.39, 0.29) is 0 Å². The van der Waals surface area contributed by atoms with Gasteiger partial charge in [0.15, 0.2) is 5.13 Å². The molecule has 0 saturated carbocycles. The van der Waals surface area contributed by atoms with E-state index in [1.165, 1.54) is 29.5 Å². The number of anilines is 1. The van der Waals surface area contributed by atoms with Crippen LogP contribution >= 0.6 is 11.3 Å². The molecule has 28 heavy (non-hydrogen) atoms. The SMILES string of the molecule is CCC1CCCN1C(C)=Nc1ccc(CCNc2nc3ccccc3s2)cc1. The monoisotopic (exact) mass is 392 g/mol. The standard InChI is InChI=1S/C23H28N4S/c1-3-20-7-6-16-27(20)17(2)25-19-12-10-18(11-13-19)14-15-24-23-26-21-8-4-5-9-22(21)28-23/h4-5,8-13,20H,3,6-7,14-16H2,1-2H3,(H,24,26). The minimum atomic E-state index is 0.664. The second-order valence-corrected chi connectivity index (χ2v) is 8.42. The Balaban J connectivity index is 1.32. The van der Waals surface area contributed by atoms with Crippen molar-refractivity contribution in [3.63, 3.8) is 0 Å². The number of para-hydroxylation sites is 1. The minimum absolute atomic E-state index is 0.664. The van der Waals surface area contributed by atoms with Crippen molar-refractivity contribution in [3.8, 4) is 0 Å². The highest BCUT2D eigenvalue weighted by Crippen LogP contribution is 2.25. The van der Waals surface area contributed by atoms with Crippen molar-refractivity contribution in [1.82, 2.24) is 9.88 Å². The van der Waals surface area contributed by atoms with Crippen molar-refractivity contribution in [1.29, 1.82) is 0 Å². The molecule has 5 heteroatoms. The lowest BCUT2D eigenvalue weighted by molar-refractivity contribution is 0.377. The summed E-state index contributed by atoms with van der Waals surface area (Å²) in [6.07, 6.45) is 4.76. The van der Waals surface area contributed by atoms with E-state index in [4.69, 9.17) is 4.99 Å². The number of aromatic nitrogens is 1.